The van der Waals surface area contributed by atoms with Crippen LogP contribution >= 0.6 is 23.1 Å². The Bertz CT molecular complexity index is 1400. The van der Waals surface area contributed by atoms with Gasteiger partial charge in [-0.15, -0.1) is 23.1 Å². The van der Waals surface area contributed by atoms with Crippen LogP contribution in [0.2, 0.25) is 0 Å². The molecule has 1 amide bonds. The number of hydrogen-bond donors (Lipinski definition) is 2. The van der Waals surface area contributed by atoms with Crippen LogP contribution in [0.3, 0.4) is 0 Å². The number of rotatable bonds is 10. The summed E-state index contributed by atoms with van der Waals surface area (Å²) in [7, 11) is 0. The van der Waals surface area contributed by atoms with E-state index in [2.05, 4.69) is 35.5 Å². The molecule has 4 heterocycles. The molecule has 1 unspecified atom stereocenters. The van der Waals surface area contributed by atoms with Crippen LogP contribution in [-0.2, 0) is 11.3 Å². The van der Waals surface area contributed by atoms with E-state index in [1.54, 1.807) is 40.3 Å². The highest BCUT2D eigenvalue weighted by molar-refractivity contribution is 8.00. The van der Waals surface area contributed by atoms with Gasteiger partial charge < -0.3 is 10.6 Å². The van der Waals surface area contributed by atoms with Crippen LogP contribution in [0, 0.1) is 0 Å². The summed E-state index contributed by atoms with van der Waals surface area (Å²) in [5, 5.41) is 12.7. The normalized spacial score (nSPS) is 12.1. The smallest absolute Gasteiger partial charge is 0.234 e. The van der Waals surface area contributed by atoms with E-state index in [1.165, 1.54) is 6.33 Å². The number of hydrogen-bond acceptors (Lipinski definition) is 8. The molecule has 0 radical (unpaired) electrons. The Hall–Kier alpha value is -3.54. The van der Waals surface area contributed by atoms with Crippen molar-refractivity contribution < 1.29 is 4.79 Å². The van der Waals surface area contributed by atoms with Gasteiger partial charge in [0.05, 0.1) is 34.7 Å². The topological polar surface area (TPSA) is 102 Å². The Balaban J connectivity index is 1.30. The van der Waals surface area contributed by atoms with Gasteiger partial charge in [0, 0.05) is 29.5 Å². The first kappa shape index (κ1) is 23.2. The Morgan fingerprint density at radius 1 is 1.20 bits per heavy atom. The monoisotopic (exact) mass is 504 g/mol. The molecule has 4 aromatic heterocycles. The molecule has 0 aliphatic heterocycles. The van der Waals surface area contributed by atoms with Crippen molar-refractivity contribution in [3.63, 3.8) is 0 Å². The van der Waals surface area contributed by atoms with E-state index >= 15 is 0 Å². The maximum Gasteiger partial charge on any atom is 0.234 e. The lowest BCUT2D eigenvalue weighted by Crippen LogP contribution is -2.22. The predicted molar refractivity (Wildman–Crippen MR) is 139 cm³/mol. The first-order valence-electron chi connectivity index (χ1n) is 11.1. The Kier molecular flexibility index (Phi) is 7.17. The second-order valence-electron chi connectivity index (χ2n) is 7.73. The standard InChI is InChI=1S/C24H24N8OS2/c1-2-27-23(17-6-5-9-25-10-17)34-14-22(33)29-20-8-4-3-7-19(20)21-12-32-18(13-35-24(32)30-21)11-31-16-26-15-28-31/h3-10,12-13,15-16,23,27H,2,11,14H2,1H3,(H,29,33). The van der Waals surface area contributed by atoms with E-state index in [9.17, 15) is 4.79 Å². The fraction of sp³-hybridized carbons (Fsp3) is 0.208. The van der Waals surface area contributed by atoms with Gasteiger partial charge in [0.1, 0.15) is 12.7 Å². The molecule has 1 atom stereocenters. The number of aromatic nitrogens is 6. The van der Waals surface area contributed by atoms with Crippen LogP contribution < -0.4 is 10.6 Å². The Morgan fingerprint density at radius 3 is 2.91 bits per heavy atom. The number of anilines is 1. The summed E-state index contributed by atoms with van der Waals surface area (Å²) in [4.78, 5) is 26.8. The minimum atomic E-state index is -0.0675. The lowest BCUT2D eigenvalue weighted by molar-refractivity contribution is -0.113. The minimum Gasteiger partial charge on any atom is -0.325 e. The van der Waals surface area contributed by atoms with E-state index in [0.717, 1.165) is 39.7 Å². The third kappa shape index (κ3) is 5.42. The van der Waals surface area contributed by atoms with Gasteiger partial charge in [-0.25, -0.2) is 14.6 Å². The second kappa shape index (κ2) is 10.8. The van der Waals surface area contributed by atoms with Crippen molar-refractivity contribution in [3.05, 3.63) is 84.3 Å². The van der Waals surface area contributed by atoms with Crippen molar-refractivity contribution in [3.8, 4) is 11.3 Å². The number of benzene rings is 1. The van der Waals surface area contributed by atoms with Gasteiger partial charge in [0.25, 0.3) is 0 Å². The summed E-state index contributed by atoms with van der Waals surface area (Å²) >= 11 is 3.11. The molecule has 35 heavy (non-hydrogen) atoms. The van der Waals surface area contributed by atoms with Gasteiger partial charge in [-0.1, -0.05) is 31.2 Å². The molecular formula is C24H24N8OS2. The molecule has 5 rings (SSSR count). The van der Waals surface area contributed by atoms with Gasteiger partial charge in [0.15, 0.2) is 4.96 Å². The maximum atomic E-state index is 12.9. The van der Waals surface area contributed by atoms with Crippen molar-refractivity contribution in [1.29, 1.82) is 0 Å². The molecule has 5 aromatic rings. The summed E-state index contributed by atoms with van der Waals surface area (Å²) in [6, 6.07) is 11.7. The van der Waals surface area contributed by atoms with E-state index in [4.69, 9.17) is 4.98 Å². The van der Waals surface area contributed by atoms with E-state index in [1.807, 2.05) is 55.7 Å². The van der Waals surface area contributed by atoms with Crippen LogP contribution in [0.25, 0.3) is 16.2 Å². The zero-order valence-electron chi connectivity index (χ0n) is 19.0. The van der Waals surface area contributed by atoms with Crippen molar-refractivity contribution in [2.24, 2.45) is 0 Å². The van der Waals surface area contributed by atoms with E-state index < -0.39 is 0 Å². The number of thioether (sulfide) groups is 1. The number of amides is 1. The van der Waals surface area contributed by atoms with Crippen LogP contribution in [-0.4, -0.2) is 47.3 Å². The summed E-state index contributed by atoms with van der Waals surface area (Å²) in [5.41, 5.74) is 4.54. The van der Waals surface area contributed by atoms with Gasteiger partial charge in [-0.3, -0.25) is 14.2 Å². The zero-order valence-corrected chi connectivity index (χ0v) is 20.7. The maximum absolute atomic E-state index is 12.9. The highest BCUT2D eigenvalue weighted by Crippen LogP contribution is 2.30. The number of nitrogens with zero attached hydrogens (tertiary/aromatic N) is 6. The summed E-state index contributed by atoms with van der Waals surface area (Å²) in [6.45, 7) is 3.45. The number of pyridine rings is 1. The highest BCUT2D eigenvalue weighted by atomic mass is 32.2. The molecule has 9 nitrogen and oxygen atoms in total. The van der Waals surface area contributed by atoms with Crippen LogP contribution in [0.5, 0.6) is 0 Å². The highest BCUT2D eigenvalue weighted by Gasteiger charge is 2.16. The molecule has 2 N–H and O–H groups in total. The van der Waals surface area contributed by atoms with E-state index in [0.29, 0.717) is 12.3 Å². The lowest BCUT2D eigenvalue weighted by Gasteiger charge is -2.17. The first-order valence-corrected chi connectivity index (χ1v) is 13.1. The second-order valence-corrected chi connectivity index (χ2v) is 9.66. The molecule has 0 bridgehead atoms. The molecule has 0 fully saturated rings. The van der Waals surface area contributed by atoms with Crippen LogP contribution in [0.15, 0.2) is 73.0 Å². The SMILES string of the molecule is CCNC(SCC(=O)Nc1ccccc1-c1cn2c(Cn3cncn3)csc2n1)c1cccnc1. The molecular weight excluding hydrogens is 480 g/mol. The Labute approximate surface area is 210 Å². The van der Waals surface area contributed by atoms with Crippen molar-refractivity contribution in [2.45, 2.75) is 18.8 Å². The largest absolute Gasteiger partial charge is 0.325 e. The quantitative estimate of drug-likeness (QED) is 0.276. The van der Waals surface area contributed by atoms with Crippen molar-refractivity contribution in [2.75, 3.05) is 17.6 Å². The summed E-state index contributed by atoms with van der Waals surface area (Å²) < 4.78 is 3.84. The average molecular weight is 505 g/mol. The molecule has 0 spiro atoms. The third-order valence-electron chi connectivity index (χ3n) is 5.31. The molecule has 0 saturated heterocycles. The predicted octanol–water partition coefficient (Wildman–Crippen LogP) is 4.08. The first-order chi connectivity index (χ1) is 17.2. The van der Waals surface area contributed by atoms with Crippen molar-refractivity contribution in [1.82, 2.24) is 34.4 Å². The van der Waals surface area contributed by atoms with Crippen molar-refractivity contribution >= 4 is 39.7 Å². The third-order valence-corrected chi connectivity index (χ3v) is 7.40. The molecule has 178 valence electrons. The number of nitrogens with one attached hydrogen (secondary N) is 2. The number of fused-ring (bicyclic) bond motifs is 1. The average Bonchev–Trinajstić information content (AvgIpc) is 3.62. The molecule has 0 saturated carbocycles. The van der Waals surface area contributed by atoms with Gasteiger partial charge in [-0.2, -0.15) is 5.10 Å². The fourth-order valence-corrected chi connectivity index (χ4v) is 5.57. The molecule has 11 heteroatoms. The molecule has 1 aromatic carbocycles. The van der Waals surface area contributed by atoms with Gasteiger partial charge in [0.2, 0.25) is 5.91 Å². The van der Waals surface area contributed by atoms with Crippen LogP contribution in [0.1, 0.15) is 23.6 Å². The number of carbonyl (C=O) groups excluding carboxylic acids is 1. The fourth-order valence-electron chi connectivity index (χ4n) is 3.70. The number of para-hydroxylation sites is 1. The minimum absolute atomic E-state index is 0.00183. The summed E-state index contributed by atoms with van der Waals surface area (Å²) in [6.07, 6.45) is 8.80. The zero-order chi connectivity index (χ0) is 24.0. The van der Waals surface area contributed by atoms with Crippen LogP contribution in [0.4, 0.5) is 5.69 Å². The number of thiazole rings is 1. The molecule has 0 aliphatic rings. The number of imidazole rings is 1. The Morgan fingerprint density at radius 2 is 2.11 bits per heavy atom. The molecule has 0 aliphatic carbocycles. The lowest BCUT2D eigenvalue weighted by atomic mass is 10.1. The van der Waals surface area contributed by atoms with Gasteiger partial charge in [-0.05, 0) is 24.2 Å². The van der Waals surface area contributed by atoms with Gasteiger partial charge >= 0.3 is 0 Å². The summed E-state index contributed by atoms with van der Waals surface area (Å²) in [5.74, 6) is 0.239. The van der Waals surface area contributed by atoms with E-state index in [-0.39, 0.29) is 11.3 Å². The number of carbonyl (C=O) groups is 1.